The molecule has 0 heterocycles. The summed E-state index contributed by atoms with van der Waals surface area (Å²) in [5.41, 5.74) is 1.56. The Morgan fingerprint density at radius 2 is 1.61 bits per heavy atom. The molecule has 0 aliphatic rings. The van der Waals surface area contributed by atoms with E-state index in [1.165, 1.54) is 5.56 Å². The first-order valence-electron chi connectivity index (χ1n) is 6.28. The third kappa shape index (κ3) is 5.60. The van der Waals surface area contributed by atoms with Crippen molar-refractivity contribution in [2.24, 2.45) is 5.41 Å². The maximum atomic E-state index is 6.04. The van der Waals surface area contributed by atoms with Gasteiger partial charge in [0.1, 0.15) is 0 Å². The molecule has 3 heteroatoms. The van der Waals surface area contributed by atoms with Gasteiger partial charge in [0.05, 0.1) is 10.0 Å². The van der Waals surface area contributed by atoms with Crippen molar-refractivity contribution in [2.45, 2.75) is 46.6 Å². The Kier molecular flexibility index (Phi) is 5.11. The van der Waals surface area contributed by atoms with Crippen molar-refractivity contribution < 1.29 is 0 Å². The number of halogens is 2. The first-order valence-corrected chi connectivity index (χ1v) is 7.04. The van der Waals surface area contributed by atoms with Gasteiger partial charge in [0.2, 0.25) is 0 Å². The van der Waals surface area contributed by atoms with Crippen molar-refractivity contribution in [3.8, 4) is 0 Å². The first-order chi connectivity index (χ1) is 8.09. The minimum atomic E-state index is 0.148. The largest absolute Gasteiger partial charge is 0.312 e. The predicted octanol–water partition coefficient (Wildman–Crippen LogP) is 4.95. The van der Waals surface area contributed by atoms with Crippen LogP contribution >= 0.6 is 23.2 Å². The molecule has 0 atom stereocenters. The van der Waals surface area contributed by atoms with E-state index in [0.29, 0.717) is 10.0 Å². The summed E-state index contributed by atoms with van der Waals surface area (Å²) in [5, 5.41) is 4.80. The Morgan fingerprint density at radius 3 is 2.11 bits per heavy atom. The Labute approximate surface area is 121 Å². The fourth-order valence-electron chi connectivity index (χ4n) is 1.77. The zero-order chi connectivity index (χ0) is 14.0. The molecule has 1 rings (SSSR count). The van der Waals surface area contributed by atoms with E-state index >= 15 is 0 Å². The average molecular weight is 288 g/mol. The van der Waals surface area contributed by atoms with Gasteiger partial charge in [-0.1, -0.05) is 43.1 Å². The molecule has 1 aromatic carbocycles. The fraction of sp³-hybridized carbons (Fsp3) is 0.600. The Morgan fingerprint density at radius 1 is 1.00 bits per heavy atom. The van der Waals surface area contributed by atoms with Crippen molar-refractivity contribution in [3.05, 3.63) is 33.8 Å². The quantitative estimate of drug-likeness (QED) is 0.826. The van der Waals surface area contributed by atoms with Gasteiger partial charge < -0.3 is 5.32 Å². The molecular formula is C15H23Cl2N. The molecule has 0 saturated carbocycles. The summed E-state index contributed by atoms with van der Waals surface area (Å²) >= 11 is 12.0. The van der Waals surface area contributed by atoms with Crippen LogP contribution in [0.1, 0.15) is 40.2 Å². The van der Waals surface area contributed by atoms with Crippen LogP contribution in [0.25, 0.3) is 0 Å². The number of benzene rings is 1. The fourth-order valence-corrected chi connectivity index (χ4v) is 2.09. The smallest absolute Gasteiger partial charge is 0.0595 e. The van der Waals surface area contributed by atoms with Gasteiger partial charge in [-0.3, -0.25) is 0 Å². The summed E-state index contributed by atoms with van der Waals surface area (Å²) in [6, 6.07) is 5.88. The Hall–Kier alpha value is -0.240. The highest BCUT2D eigenvalue weighted by Crippen LogP contribution is 2.27. The summed E-state index contributed by atoms with van der Waals surface area (Å²) in [7, 11) is 0. The number of nitrogens with one attached hydrogen (secondary N) is 1. The molecule has 0 aromatic heterocycles. The van der Waals surface area contributed by atoms with Crippen LogP contribution < -0.4 is 5.32 Å². The minimum Gasteiger partial charge on any atom is -0.312 e. The van der Waals surface area contributed by atoms with E-state index in [1.54, 1.807) is 0 Å². The lowest BCUT2D eigenvalue weighted by Crippen LogP contribution is -2.42. The molecule has 0 saturated heterocycles. The highest BCUT2D eigenvalue weighted by molar-refractivity contribution is 6.42. The van der Waals surface area contributed by atoms with Gasteiger partial charge in [-0.25, -0.2) is 0 Å². The van der Waals surface area contributed by atoms with E-state index in [-0.39, 0.29) is 11.0 Å². The van der Waals surface area contributed by atoms with Crippen molar-refractivity contribution in [2.75, 3.05) is 6.54 Å². The second-order valence-corrected chi connectivity index (χ2v) is 7.51. The topological polar surface area (TPSA) is 12.0 Å². The molecule has 1 aromatic rings. The molecule has 0 aliphatic carbocycles. The van der Waals surface area contributed by atoms with Crippen LogP contribution in [0.3, 0.4) is 0 Å². The molecule has 0 radical (unpaired) electrons. The van der Waals surface area contributed by atoms with Gasteiger partial charge in [-0.2, -0.15) is 0 Å². The molecule has 0 fully saturated rings. The number of hydrogen-bond acceptors (Lipinski definition) is 1. The normalized spacial score (nSPS) is 12.8. The van der Waals surface area contributed by atoms with Crippen LogP contribution in [0.2, 0.25) is 10.0 Å². The van der Waals surface area contributed by atoms with Crippen molar-refractivity contribution >= 4 is 23.2 Å². The lowest BCUT2D eigenvalue weighted by atomic mass is 9.85. The molecule has 0 unspecified atom stereocenters. The van der Waals surface area contributed by atoms with Crippen LogP contribution in [0.15, 0.2) is 18.2 Å². The summed E-state index contributed by atoms with van der Waals surface area (Å²) in [5.74, 6) is 0. The highest BCUT2D eigenvalue weighted by Gasteiger charge is 2.21. The third-order valence-electron chi connectivity index (χ3n) is 2.76. The molecule has 1 nitrogen and oxygen atoms in total. The zero-order valence-electron chi connectivity index (χ0n) is 11.9. The summed E-state index contributed by atoms with van der Waals surface area (Å²) in [4.78, 5) is 0. The zero-order valence-corrected chi connectivity index (χ0v) is 13.4. The lowest BCUT2D eigenvalue weighted by Gasteiger charge is -2.30. The summed E-state index contributed by atoms with van der Waals surface area (Å²) < 4.78 is 0. The van der Waals surface area contributed by atoms with Crippen molar-refractivity contribution in [3.63, 3.8) is 0 Å². The number of hydrogen-bond donors (Lipinski definition) is 1. The molecule has 0 amide bonds. The van der Waals surface area contributed by atoms with E-state index in [4.69, 9.17) is 23.2 Å². The summed E-state index contributed by atoms with van der Waals surface area (Å²) in [6.45, 7) is 12.0. The van der Waals surface area contributed by atoms with E-state index in [1.807, 2.05) is 18.2 Å². The maximum Gasteiger partial charge on any atom is 0.0595 e. The number of rotatable bonds is 4. The van der Waals surface area contributed by atoms with Crippen LogP contribution in [-0.2, 0) is 6.42 Å². The van der Waals surface area contributed by atoms with Crippen molar-refractivity contribution in [1.82, 2.24) is 5.32 Å². The molecule has 1 N–H and O–H groups in total. The van der Waals surface area contributed by atoms with Gasteiger partial charge >= 0.3 is 0 Å². The predicted molar refractivity (Wildman–Crippen MR) is 81.7 cm³/mol. The van der Waals surface area contributed by atoms with Crippen LogP contribution in [0, 0.1) is 5.41 Å². The molecule has 18 heavy (non-hydrogen) atoms. The Bertz CT molecular complexity index is 405. The lowest BCUT2D eigenvalue weighted by molar-refractivity contribution is 0.289. The second kappa shape index (κ2) is 5.81. The van der Waals surface area contributed by atoms with Crippen molar-refractivity contribution in [1.29, 1.82) is 0 Å². The highest BCUT2D eigenvalue weighted by atomic mass is 35.5. The molecular weight excluding hydrogens is 265 g/mol. The molecule has 0 bridgehead atoms. The second-order valence-electron chi connectivity index (χ2n) is 6.69. The maximum absolute atomic E-state index is 6.04. The molecule has 0 aliphatic heterocycles. The van der Waals surface area contributed by atoms with Gasteiger partial charge in [-0.05, 0) is 50.3 Å². The first kappa shape index (κ1) is 15.8. The molecule has 102 valence electrons. The molecule has 0 spiro atoms. The summed E-state index contributed by atoms with van der Waals surface area (Å²) in [6.07, 6.45) is 0.979. The van der Waals surface area contributed by atoms with Crippen LogP contribution in [-0.4, -0.2) is 12.1 Å². The van der Waals surface area contributed by atoms with E-state index in [2.05, 4.69) is 39.9 Å². The van der Waals surface area contributed by atoms with Gasteiger partial charge in [0.15, 0.2) is 0 Å². The minimum absolute atomic E-state index is 0.148. The Balaban J connectivity index is 2.67. The average Bonchev–Trinajstić information content (AvgIpc) is 2.20. The van der Waals surface area contributed by atoms with E-state index in [9.17, 15) is 0 Å². The SMILES string of the molecule is CC(C)(CNC(C)(C)C)Cc1ccc(Cl)c(Cl)c1. The monoisotopic (exact) mass is 287 g/mol. The standard InChI is InChI=1S/C15H23Cl2N/c1-14(2,3)18-10-15(4,5)9-11-6-7-12(16)13(17)8-11/h6-8,18H,9-10H2,1-5H3. The van der Waals surface area contributed by atoms with Crippen LogP contribution in [0.5, 0.6) is 0 Å². The van der Waals surface area contributed by atoms with Gasteiger partial charge in [0, 0.05) is 12.1 Å². The van der Waals surface area contributed by atoms with Crippen LogP contribution in [0.4, 0.5) is 0 Å². The van der Waals surface area contributed by atoms with Gasteiger partial charge in [0.25, 0.3) is 0 Å². The van der Waals surface area contributed by atoms with E-state index < -0.39 is 0 Å². The van der Waals surface area contributed by atoms with E-state index in [0.717, 1.165) is 13.0 Å². The third-order valence-corrected chi connectivity index (χ3v) is 3.50. The van der Waals surface area contributed by atoms with Gasteiger partial charge in [-0.15, -0.1) is 0 Å².